The summed E-state index contributed by atoms with van der Waals surface area (Å²) in [6.45, 7) is 1.90. The highest BCUT2D eigenvalue weighted by atomic mass is 79.9. The molecule has 3 heterocycles. The minimum absolute atomic E-state index is 0.316. The second-order valence-corrected chi connectivity index (χ2v) is 9.68. The van der Waals surface area contributed by atoms with Gasteiger partial charge in [-0.25, -0.2) is 19.2 Å². The van der Waals surface area contributed by atoms with Crippen LogP contribution in [0.25, 0.3) is 5.95 Å². The standard InChI is InChI=1S/C16H14Br2N8OS/c1-9(15-21-8-22-26(15)16-19-4-3-5-20-16)23-14-11-6-10(17)7-12(18)13(11)24-28(2,27)25-14/h3-9H,1-2H3,(H,23,24,25,27). The molecule has 0 spiro atoms. The van der Waals surface area contributed by atoms with Gasteiger partial charge in [0.2, 0.25) is 0 Å². The third kappa shape index (κ3) is 3.71. The van der Waals surface area contributed by atoms with Crippen LogP contribution in [-0.2, 0) is 9.92 Å². The molecule has 9 nitrogen and oxygen atoms in total. The van der Waals surface area contributed by atoms with Gasteiger partial charge in [-0.15, -0.1) is 0 Å². The van der Waals surface area contributed by atoms with Crippen molar-refractivity contribution in [2.45, 2.75) is 13.0 Å². The van der Waals surface area contributed by atoms with Gasteiger partial charge in [-0.1, -0.05) is 15.9 Å². The molecule has 1 aliphatic rings. The van der Waals surface area contributed by atoms with Gasteiger partial charge in [-0.05, 0) is 41.1 Å². The first kappa shape index (κ1) is 19.2. The minimum atomic E-state index is -2.77. The predicted molar refractivity (Wildman–Crippen MR) is 113 cm³/mol. The van der Waals surface area contributed by atoms with Gasteiger partial charge in [0.05, 0.1) is 11.7 Å². The Kier molecular flexibility index (Phi) is 5.02. The zero-order valence-electron chi connectivity index (χ0n) is 14.7. The smallest absolute Gasteiger partial charge is 0.252 e. The third-order valence-corrected chi connectivity index (χ3v) is 5.97. The van der Waals surface area contributed by atoms with Crippen LogP contribution < -0.4 is 5.32 Å². The Balaban J connectivity index is 1.73. The zero-order valence-corrected chi connectivity index (χ0v) is 18.7. The van der Waals surface area contributed by atoms with E-state index in [0.29, 0.717) is 23.3 Å². The van der Waals surface area contributed by atoms with Crippen molar-refractivity contribution in [1.82, 2.24) is 30.0 Å². The quantitative estimate of drug-likeness (QED) is 0.561. The molecule has 0 radical (unpaired) electrons. The number of rotatable bonds is 3. The van der Waals surface area contributed by atoms with Gasteiger partial charge in [0, 0.05) is 33.2 Å². The van der Waals surface area contributed by atoms with Gasteiger partial charge < -0.3 is 5.32 Å². The average Bonchev–Trinajstić information content (AvgIpc) is 3.13. The molecule has 0 aliphatic carbocycles. The van der Waals surface area contributed by atoms with Crippen LogP contribution in [0, 0.1) is 0 Å². The predicted octanol–water partition coefficient (Wildman–Crippen LogP) is 3.34. The molecule has 0 saturated heterocycles. The first-order valence-electron chi connectivity index (χ1n) is 8.09. The van der Waals surface area contributed by atoms with Crippen LogP contribution in [0.5, 0.6) is 0 Å². The lowest BCUT2D eigenvalue weighted by atomic mass is 10.1. The van der Waals surface area contributed by atoms with Crippen molar-refractivity contribution in [3.8, 4) is 5.95 Å². The molecule has 1 aromatic carbocycles. The Hall–Kier alpha value is -2.18. The molecule has 1 aliphatic heterocycles. The molecule has 2 unspecified atom stereocenters. The van der Waals surface area contributed by atoms with Crippen molar-refractivity contribution in [3.05, 3.63) is 57.3 Å². The van der Waals surface area contributed by atoms with Crippen molar-refractivity contribution < 1.29 is 4.21 Å². The molecule has 1 N–H and O–H groups in total. The van der Waals surface area contributed by atoms with E-state index in [1.165, 1.54) is 12.6 Å². The lowest BCUT2D eigenvalue weighted by Gasteiger charge is -2.21. The van der Waals surface area contributed by atoms with E-state index in [1.807, 2.05) is 19.1 Å². The molecule has 0 amide bonds. The number of amidine groups is 1. The van der Waals surface area contributed by atoms with Crippen LogP contribution in [-0.4, -0.2) is 41.0 Å². The van der Waals surface area contributed by atoms with Crippen LogP contribution in [0.2, 0.25) is 0 Å². The Morgan fingerprint density at radius 2 is 1.93 bits per heavy atom. The van der Waals surface area contributed by atoms with Crippen LogP contribution in [0.1, 0.15) is 24.4 Å². The molecule has 4 rings (SSSR count). The molecule has 0 bridgehead atoms. The van der Waals surface area contributed by atoms with Crippen molar-refractivity contribution in [2.75, 3.05) is 6.26 Å². The molecule has 2 atom stereocenters. The fourth-order valence-electron chi connectivity index (χ4n) is 2.72. The number of halogens is 2. The minimum Gasteiger partial charge on any atom is -0.359 e. The van der Waals surface area contributed by atoms with Gasteiger partial charge in [-0.3, -0.25) is 0 Å². The summed E-state index contributed by atoms with van der Waals surface area (Å²) in [4.78, 5) is 12.7. The highest BCUT2D eigenvalue weighted by molar-refractivity contribution is 9.11. The van der Waals surface area contributed by atoms with E-state index < -0.39 is 9.92 Å². The Morgan fingerprint density at radius 3 is 2.68 bits per heavy atom. The lowest BCUT2D eigenvalue weighted by molar-refractivity contribution is 0.620. The average molecular weight is 526 g/mol. The lowest BCUT2D eigenvalue weighted by Crippen LogP contribution is -2.31. The van der Waals surface area contributed by atoms with E-state index in [4.69, 9.17) is 0 Å². The zero-order chi connectivity index (χ0) is 19.9. The van der Waals surface area contributed by atoms with Crippen LogP contribution in [0.15, 0.2) is 54.6 Å². The second kappa shape index (κ2) is 7.33. The topological polar surface area (TPSA) is 110 Å². The third-order valence-electron chi connectivity index (χ3n) is 3.86. The molecule has 28 heavy (non-hydrogen) atoms. The normalized spacial score (nSPS) is 19.4. The summed E-state index contributed by atoms with van der Waals surface area (Å²) >= 11 is 6.96. The van der Waals surface area contributed by atoms with Gasteiger partial charge in [-0.2, -0.15) is 18.5 Å². The molecule has 3 aromatic rings. The summed E-state index contributed by atoms with van der Waals surface area (Å²) in [6.07, 6.45) is 6.20. The maximum atomic E-state index is 12.7. The van der Waals surface area contributed by atoms with Gasteiger partial charge in [0.25, 0.3) is 5.95 Å². The van der Waals surface area contributed by atoms with Crippen LogP contribution in [0.3, 0.4) is 0 Å². The summed E-state index contributed by atoms with van der Waals surface area (Å²) in [5, 5.41) is 7.50. The van der Waals surface area contributed by atoms with E-state index in [0.717, 1.165) is 14.5 Å². The second-order valence-electron chi connectivity index (χ2n) is 6.02. The molecule has 0 fully saturated rings. The van der Waals surface area contributed by atoms with Gasteiger partial charge in [0.15, 0.2) is 15.7 Å². The van der Waals surface area contributed by atoms with Crippen molar-refractivity contribution in [2.24, 2.45) is 8.76 Å². The molecule has 0 saturated carbocycles. The van der Waals surface area contributed by atoms with E-state index in [9.17, 15) is 4.21 Å². The molecule has 2 aromatic heterocycles. The summed E-state index contributed by atoms with van der Waals surface area (Å²) in [5.74, 6) is 1.47. The van der Waals surface area contributed by atoms with Crippen molar-refractivity contribution in [1.29, 1.82) is 0 Å². The van der Waals surface area contributed by atoms with E-state index in [-0.39, 0.29) is 6.04 Å². The number of hydrogen-bond donors (Lipinski definition) is 1. The van der Waals surface area contributed by atoms with E-state index in [2.05, 4.69) is 66.0 Å². The monoisotopic (exact) mass is 524 g/mol. The van der Waals surface area contributed by atoms with Gasteiger partial charge in [0.1, 0.15) is 12.2 Å². The van der Waals surface area contributed by atoms with E-state index in [1.54, 1.807) is 23.1 Å². The number of nitrogens with one attached hydrogen (secondary N) is 1. The molecular weight excluding hydrogens is 512 g/mol. The van der Waals surface area contributed by atoms with Crippen LogP contribution >= 0.6 is 31.9 Å². The summed E-state index contributed by atoms with van der Waals surface area (Å²) in [6, 6.07) is 5.14. The number of nitrogens with zero attached hydrogens (tertiary/aromatic N) is 7. The first-order chi connectivity index (χ1) is 13.3. The fourth-order valence-corrected chi connectivity index (χ4v) is 5.22. The number of benzene rings is 1. The summed E-state index contributed by atoms with van der Waals surface area (Å²) in [5.41, 5.74) is 1.32. The SMILES string of the molecule is CC(NC1=NS(C)(=O)=Nc2c(Br)cc(Br)cc21)c1ncnn1-c1ncccn1. The summed E-state index contributed by atoms with van der Waals surface area (Å²) in [7, 11) is -2.77. The largest absolute Gasteiger partial charge is 0.359 e. The Labute approximate surface area is 178 Å². The Morgan fingerprint density at radius 1 is 1.18 bits per heavy atom. The maximum absolute atomic E-state index is 12.7. The molecule has 12 heteroatoms. The van der Waals surface area contributed by atoms with Crippen molar-refractivity contribution in [3.63, 3.8) is 0 Å². The fraction of sp³-hybridized carbons (Fsp3) is 0.188. The van der Waals surface area contributed by atoms with Crippen molar-refractivity contribution >= 4 is 53.3 Å². The van der Waals surface area contributed by atoms with Gasteiger partial charge >= 0.3 is 0 Å². The van der Waals surface area contributed by atoms with E-state index >= 15 is 0 Å². The maximum Gasteiger partial charge on any atom is 0.252 e. The first-order valence-corrected chi connectivity index (χ1v) is 11.6. The number of hydrogen-bond acceptors (Lipinski definition) is 7. The van der Waals surface area contributed by atoms with Crippen LogP contribution in [0.4, 0.5) is 5.69 Å². The summed E-state index contributed by atoms with van der Waals surface area (Å²) < 4.78 is 24.4. The Bertz CT molecular complexity index is 1200. The number of fused-ring (bicyclic) bond motifs is 1. The molecule has 144 valence electrons. The highest BCUT2D eigenvalue weighted by Gasteiger charge is 2.24. The number of aromatic nitrogens is 5. The molecular formula is C16H14Br2N8OS. The highest BCUT2D eigenvalue weighted by Crippen LogP contribution is 2.37.